The Morgan fingerprint density at radius 3 is 2.32 bits per heavy atom. The molecule has 2 nitrogen and oxygen atoms in total. The average molecular weight is 282 g/mol. The standard InChI is InChI=1S/C16H30O2Si/c1-15(2,3)19(4,5)18-14-9-8-13(17)12-16(14)10-6-7-11-16/h14H,6-12H2,1-5H3. The van der Waals surface area contributed by atoms with Gasteiger partial charge in [0.25, 0.3) is 0 Å². The van der Waals surface area contributed by atoms with Crippen LogP contribution in [0.2, 0.25) is 18.1 Å². The van der Waals surface area contributed by atoms with E-state index in [4.69, 9.17) is 4.43 Å². The fourth-order valence-corrected chi connectivity index (χ4v) is 4.92. The van der Waals surface area contributed by atoms with E-state index in [1.54, 1.807) is 0 Å². The van der Waals surface area contributed by atoms with Crippen LogP contribution in [-0.4, -0.2) is 20.2 Å². The predicted octanol–water partition coefficient (Wildman–Crippen LogP) is 4.69. The van der Waals surface area contributed by atoms with E-state index in [9.17, 15) is 4.79 Å². The summed E-state index contributed by atoms with van der Waals surface area (Å²) in [5, 5.41) is 0.258. The highest BCUT2D eigenvalue weighted by Gasteiger charge is 2.49. The first-order valence-corrected chi connectivity index (χ1v) is 10.8. The van der Waals surface area contributed by atoms with Crippen LogP contribution in [0.5, 0.6) is 0 Å². The largest absolute Gasteiger partial charge is 0.413 e. The highest BCUT2D eigenvalue weighted by molar-refractivity contribution is 6.74. The Labute approximate surface area is 119 Å². The number of hydrogen-bond acceptors (Lipinski definition) is 2. The Bertz CT molecular complexity index is 348. The third kappa shape index (κ3) is 2.97. The highest BCUT2D eigenvalue weighted by Crippen LogP contribution is 2.51. The maximum atomic E-state index is 11.9. The molecule has 0 N–H and O–H groups in total. The topological polar surface area (TPSA) is 26.3 Å². The van der Waals surface area contributed by atoms with Crippen molar-refractivity contribution in [3.63, 3.8) is 0 Å². The molecule has 0 saturated heterocycles. The SMILES string of the molecule is CC(C)(C)[Si](C)(C)OC1CCC(=O)CC12CCCC2. The summed E-state index contributed by atoms with van der Waals surface area (Å²) in [6, 6.07) is 0. The lowest BCUT2D eigenvalue weighted by molar-refractivity contribution is -0.128. The van der Waals surface area contributed by atoms with Gasteiger partial charge in [0.1, 0.15) is 5.78 Å². The van der Waals surface area contributed by atoms with Crippen LogP contribution in [0, 0.1) is 5.41 Å². The molecule has 1 atom stereocenters. The van der Waals surface area contributed by atoms with E-state index in [-0.39, 0.29) is 10.5 Å². The first-order chi connectivity index (χ1) is 8.66. The van der Waals surface area contributed by atoms with Gasteiger partial charge in [0.2, 0.25) is 0 Å². The predicted molar refractivity (Wildman–Crippen MR) is 81.8 cm³/mol. The van der Waals surface area contributed by atoms with Crippen molar-refractivity contribution in [2.45, 2.75) is 90.0 Å². The molecule has 3 heteroatoms. The van der Waals surface area contributed by atoms with Crippen molar-refractivity contribution >= 4 is 14.1 Å². The van der Waals surface area contributed by atoms with Crippen LogP contribution in [0.3, 0.4) is 0 Å². The van der Waals surface area contributed by atoms with Crippen LogP contribution >= 0.6 is 0 Å². The summed E-state index contributed by atoms with van der Waals surface area (Å²) in [4.78, 5) is 11.9. The van der Waals surface area contributed by atoms with E-state index >= 15 is 0 Å². The summed E-state index contributed by atoms with van der Waals surface area (Å²) in [5.74, 6) is 0.469. The summed E-state index contributed by atoms with van der Waals surface area (Å²) < 4.78 is 6.72. The molecule has 0 amide bonds. The lowest BCUT2D eigenvalue weighted by atomic mass is 9.70. The Balaban J connectivity index is 2.16. The Morgan fingerprint density at radius 1 is 1.21 bits per heavy atom. The monoisotopic (exact) mass is 282 g/mol. The molecular weight excluding hydrogens is 252 g/mol. The molecular formula is C16H30O2Si. The number of carbonyl (C=O) groups is 1. The van der Waals surface area contributed by atoms with Gasteiger partial charge in [-0.25, -0.2) is 0 Å². The molecule has 2 fully saturated rings. The van der Waals surface area contributed by atoms with E-state index in [0.717, 1.165) is 19.3 Å². The molecule has 0 aromatic rings. The van der Waals surface area contributed by atoms with Gasteiger partial charge in [-0.3, -0.25) is 4.79 Å². The normalized spacial score (nSPS) is 28.1. The molecule has 0 bridgehead atoms. The van der Waals surface area contributed by atoms with Crippen molar-refractivity contribution in [3.8, 4) is 0 Å². The molecule has 110 valence electrons. The van der Waals surface area contributed by atoms with Gasteiger partial charge in [0, 0.05) is 18.3 Å². The van der Waals surface area contributed by atoms with Crippen molar-refractivity contribution in [3.05, 3.63) is 0 Å². The summed E-state index contributed by atoms with van der Waals surface area (Å²) in [7, 11) is -1.72. The summed E-state index contributed by atoms with van der Waals surface area (Å²) in [6.07, 6.45) is 7.80. The summed E-state index contributed by atoms with van der Waals surface area (Å²) >= 11 is 0. The van der Waals surface area contributed by atoms with Gasteiger partial charge in [0.15, 0.2) is 8.32 Å². The second kappa shape index (κ2) is 4.99. The zero-order valence-electron chi connectivity index (χ0n) is 13.3. The average Bonchev–Trinajstić information content (AvgIpc) is 2.70. The number of carbonyl (C=O) groups excluding carboxylic acids is 1. The van der Waals surface area contributed by atoms with Crippen molar-refractivity contribution in [2.75, 3.05) is 0 Å². The maximum absolute atomic E-state index is 11.9. The molecule has 2 aliphatic carbocycles. The highest BCUT2D eigenvalue weighted by atomic mass is 28.4. The van der Waals surface area contributed by atoms with Crippen LogP contribution in [0.1, 0.15) is 65.7 Å². The van der Waals surface area contributed by atoms with Crippen LogP contribution in [-0.2, 0) is 9.22 Å². The Kier molecular flexibility index (Phi) is 4.01. The Morgan fingerprint density at radius 2 is 1.79 bits per heavy atom. The van der Waals surface area contributed by atoms with Crippen LogP contribution in [0.15, 0.2) is 0 Å². The summed E-state index contributed by atoms with van der Waals surface area (Å²) in [5.41, 5.74) is 0.199. The second-order valence-electron chi connectivity index (χ2n) is 8.19. The minimum absolute atomic E-state index is 0.199. The van der Waals surface area contributed by atoms with Gasteiger partial charge in [-0.2, -0.15) is 0 Å². The maximum Gasteiger partial charge on any atom is 0.192 e. The van der Waals surface area contributed by atoms with E-state index in [1.807, 2.05) is 0 Å². The quantitative estimate of drug-likeness (QED) is 0.687. The first-order valence-electron chi connectivity index (χ1n) is 7.86. The van der Waals surface area contributed by atoms with E-state index in [2.05, 4.69) is 33.9 Å². The minimum Gasteiger partial charge on any atom is -0.413 e. The van der Waals surface area contributed by atoms with Gasteiger partial charge in [-0.1, -0.05) is 33.6 Å². The van der Waals surface area contributed by atoms with Gasteiger partial charge < -0.3 is 4.43 Å². The molecule has 1 spiro atoms. The van der Waals surface area contributed by atoms with Crippen LogP contribution < -0.4 is 0 Å². The van der Waals surface area contributed by atoms with E-state index in [1.165, 1.54) is 25.7 Å². The van der Waals surface area contributed by atoms with E-state index < -0.39 is 8.32 Å². The fraction of sp³-hybridized carbons (Fsp3) is 0.938. The van der Waals surface area contributed by atoms with Gasteiger partial charge >= 0.3 is 0 Å². The van der Waals surface area contributed by atoms with Gasteiger partial charge in [-0.05, 0) is 37.4 Å². The number of rotatable bonds is 2. The molecule has 2 rings (SSSR count). The summed E-state index contributed by atoms with van der Waals surface area (Å²) in [6.45, 7) is 11.6. The molecule has 0 aliphatic heterocycles. The molecule has 1 unspecified atom stereocenters. The first kappa shape index (κ1) is 15.2. The minimum atomic E-state index is -1.72. The zero-order valence-corrected chi connectivity index (χ0v) is 14.3. The fourth-order valence-electron chi connectivity index (χ4n) is 3.49. The van der Waals surface area contributed by atoms with Gasteiger partial charge in [-0.15, -0.1) is 0 Å². The molecule has 2 aliphatic rings. The number of ketones is 1. The van der Waals surface area contributed by atoms with Crippen molar-refractivity contribution in [2.24, 2.45) is 5.41 Å². The van der Waals surface area contributed by atoms with Crippen LogP contribution in [0.4, 0.5) is 0 Å². The van der Waals surface area contributed by atoms with Crippen molar-refractivity contribution in [1.82, 2.24) is 0 Å². The molecule has 0 heterocycles. The second-order valence-corrected chi connectivity index (χ2v) is 12.9. The van der Waals surface area contributed by atoms with Crippen LogP contribution in [0.25, 0.3) is 0 Å². The molecule has 19 heavy (non-hydrogen) atoms. The molecule has 0 aromatic heterocycles. The lowest BCUT2D eigenvalue weighted by Crippen LogP contribution is -2.50. The smallest absolute Gasteiger partial charge is 0.192 e. The van der Waals surface area contributed by atoms with Crippen molar-refractivity contribution in [1.29, 1.82) is 0 Å². The van der Waals surface area contributed by atoms with Crippen molar-refractivity contribution < 1.29 is 9.22 Å². The molecule has 2 saturated carbocycles. The van der Waals surface area contributed by atoms with E-state index in [0.29, 0.717) is 11.9 Å². The lowest BCUT2D eigenvalue weighted by Gasteiger charge is -2.47. The number of Topliss-reactive ketones (excluding diaryl/α,β-unsaturated/α-hetero) is 1. The Hall–Kier alpha value is -0.153. The number of hydrogen-bond donors (Lipinski definition) is 0. The third-order valence-corrected chi connectivity index (χ3v) is 10.2. The van der Waals surface area contributed by atoms with Gasteiger partial charge in [0.05, 0.1) is 6.10 Å². The third-order valence-electron chi connectivity index (χ3n) is 5.76. The molecule has 0 aromatic carbocycles. The zero-order chi connectivity index (χ0) is 14.3. The molecule has 0 radical (unpaired) electrons.